The van der Waals surface area contributed by atoms with Crippen molar-refractivity contribution in [3.05, 3.63) is 27.1 Å². The molecule has 20 heavy (non-hydrogen) atoms. The Labute approximate surface area is 128 Å². The Morgan fingerprint density at radius 2 is 2.30 bits per heavy atom. The standard InChI is InChI=1S/C11H12BrN3O3S2/c12-10-9(4-6(5-13)18-10)20(16,17)15-11-14-7-2-1-3-8(7)19-11/h4H,1-3,5,13H2,(H,14,15). The molecule has 0 saturated heterocycles. The number of hydrogen-bond acceptors (Lipinski definition) is 6. The van der Waals surface area contributed by atoms with Gasteiger partial charge in [-0.05, 0) is 35.2 Å². The van der Waals surface area contributed by atoms with Crippen molar-refractivity contribution in [3.63, 3.8) is 0 Å². The lowest BCUT2D eigenvalue weighted by molar-refractivity contribution is 0.484. The van der Waals surface area contributed by atoms with E-state index in [2.05, 4.69) is 25.6 Å². The third-order valence-corrected chi connectivity index (χ3v) is 6.41. The number of anilines is 1. The van der Waals surface area contributed by atoms with Gasteiger partial charge < -0.3 is 10.2 Å². The molecule has 3 rings (SSSR count). The maximum Gasteiger partial charge on any atom is 0.268 e. The van der Waals surface area contributed by atoms with Crippen LogP contribution >= 0.6 is 27.3 Å². The quantitative estimate of drug-likeness (QED) is 0.850. The van der Waals surface area contributed by atoms with Gasteiger partial charge in [-0.2, -0.15) is 0 Å². The van der Waals surface area contributed by atoms with E-state index in [9.17, 15) is 8.42 Å². The van der Waals surface area contributed by atoms with Crippen LogP contribution in [0.4, 0.5) is 5.13 Å². The first-order valence-electron chi connectivity index (χ1n) is 5.99. The second-order valence-corrected chi connectivity index (χ2v) is 7.86. The zero-order valence-electron chi connectivity index (χ0n) is 10.3. The molecule has 1 aliphatic rings. The van der Waals surface area contributed by atoms with Gasteiger partial charge in [0.05, 0.1) is 12.2 Å². The summed E-state index contributed by atoms with van der Waals surface area (Å²) in [6.07, 6.45) is 2.98. The number of furan rings is 1. The number of sulfonamides is 1. The van der Waals surface area contributed by atoms with Crippen LogP contribution in [0.1, 0.15) is 22.8 Å². The van der Waals surface area contributed by atoms with Crippen LogP contribution in [0.5, 0.6) is 0 Å². The van der Waals surface area contributed by atoms with Gasteiger partial charge >= 0.3 is 0 Å². The van der Waals surface area contributed by atoms with Crippen molar-refractivity contribution in [1.29, 1.82) is 0 Å². The van der Waals surface area contributed by atoms with Crippen LogP contribution in [0.2, 0.25) is 0 Å². The Morgan fingerprint density at radius 1 is 1.50 bits per heavy atom. The molecule has 0 spiro atoms. The van der Waals surface area contributed by atoms with Crippen molar-refractivity contribution < 1.29 is 12.8 Å². The molecule has 3 N–H and O–H groups in total. The predicted octanol–water partition coefficient (Wildman–Crippen LogP) is 2.25. The van der Waals surface area contributed by atoms with Gasteiger partial charge in [-0.15, -0.1) is 11.3 Å². The molecule has 0 aromatic carbocycles. The summed E-state index contributed by atoms with van der Waals surface area (Å²) in [6.45, 7) is 0.139. The molecular weight excluding hydrogens is 366 g/mol. The highest BCUT2D eigenvalue weighted by atomic mass is 79.9. The summed E-state index contributed by atoms with van der Waals surface area (Å²) in [6, 6.07) is 1.41. The number of nitrogens with zero attached hydrogens (tertiary/aromatic N) is 1. The Balaban J connectivity index is 1.89. The van der Waals surface area contributed by atoms with E-state index in [1.165, 1.54) is 17.4 Å². The summed E-state index contributed by atoms with van der Waals surface area (Å²) < 4.78 is 32.5. The summed E-state index contributed by atoms with van der Waals surface area (Å²) in [5.74, 6) is 0.402. The van der Waals surface area contributed by atoms with Crippen molar-refractivity contribution in [2.75, 3.05) is 4.72 Å². The normalized spacial score (nSPS) is 14.5. The van der Waals surface area contributed by atoms with Crippen molar-refractivity contribution in [1.82, 2.24) is 4.98 Å². The van der Waals surface area contributed by atoms with Gasteiger partial charge in [0.25, 0.3) is 10.0 Å². The number of nitrogens with two attached hydrogens (primary N) is 1. The Morgan fingerprint density at radius 3 is 2.95 bits per heavy atom. The van der Waals surface area contributed by atoms with Crippen LogP contribution < -0.4 is 10.5 Å². The van der Waals surface area contributed by atoms with Gasteiger partial charge in [0.1, 0.15) is 10.7 Å². The summed E-state index contributed by atoms with van der Waals surface area (Å²) in [7, 11) is -3.72. The highest BCUT2D eigenvalue weighted by Crippen LogP contribution is 2.33. The number of aromatic nitrogens is 1. The lowest BCUT2D eigenvalue weighted by Gasteiger charge is -2.02. The number of nitrogens with one attached hydrogen (secondary N) is 1. The van der Waals surface area contributed by atoms with Gasteiger partial charge in [-0.3, -0.25) is 4.72 Å². The Bertz CT molecular complexity index is 730. The van der Waals surface area contributed by atoms with Crippen LogP contribution in [0.25, 0.3) is 0 Å². The first kappa shape index (κ1) is 14.1. The number of fused-ring (bicyclic) bond motifs is 1. The Kier molecular flexibility index (Phi) is 3.61. The number of thiazole rings is 1. The molecule has 0 bridgehead atoms. The number of halogens is 1. The lowest BCUT2D eigenvalue weighted by atomic mass is 10.4. The van der Waals surface area contributed by atoms with E-state index in [-0.39, 0.29) is 16.1 Å². The van der Waals surface area contributed by atoms with Crippen molar-refractivity contribution >= 4 is 42.4 Å². The zero-order chi connectivity index (χ0) is 14.3. The molecule has 2 aromatic heterocycles. The van der Waals surface area contributed by atoms with Gasteiger partial charge in [-0.1, -0.05) is 0 Å². The van der Waals surface area contributed by atoms with Gasteiger partial charge in [0.15, 0.2) is 9.80 Å². The van der Waals surface area contributed by atoms with Crippen LogP contribution in [-0.4, -0.2) is 13.4 Å². The largest absolute Gasteiger partial charge is 0.452 e. The average molecular weight is 378 g/mol. The van der Waals surface area contributed by atoms with Crippen molar-refractivity contribution in [3.8, 4) is 0 Å². The summed E-state index contributed by atoms with van der Waals surface area (Å²) in [4.78, 5) is 5.51. The van der Waals surface area contributed by atoms with E-state index in [0.717, 1.165) is 29.8 Å². The molecule has 9 heteroatoms. The van der Waals surface area contributed by atoms with E-state index < -0.39 is 10.0 Å². The molecule has 0 unspecified atom stereocenters. The van der Waals surface area contributed by atoms with Gasteiger partial charge in [0.2, 0.25) is 0 Å². The first-order valence-corrected chi connectivity index (χ1v) is 9.08. The molecule has 2 aromatic rings. The SMILES string of the molecule is NCc1cc(S(=O)(=O)Nc2nc3c(s2)CCC3)c(Br)o1. The van der Waals surface area contributed by atoms with E-state index in [4.69, 9.17) is 10.2 Å². The summed E-state index contributed by atoms with van der Waals surface area (Å²) in [5.41, 5.74) is 6.44. The number of rotatable bonds is 4. The average Bonchev–Trinajstić information content (AvgIpc) is 3.02. The minimum absolute atomic E-state index is 0.0355. The zero-order valence-corrected chi connectivity index (χ0v) is 13.6. The number of hydrogen-bond donors (Lipinski definition) is 2. The number of aryl methyl sites for hydroxylation is 2. The highest BCUT2D eigenvalue weighted by Gasteiger charge is 2.25. The maximum atomic E-state index is 12.3. The molecule has 0 radical (unpaired) electrons. The molecule has 0 aliphatic heterocycles. The highest BCUT2D eigenvalue weighted by molar-refractivity contribution is 9.10. The van der Waals surface area contributed by atoms with E-state index in [0.29, 0.717) is 10.9 Å². The fourth-order valence-electron chi connectivity index (χ4n) is 2.09. The monoisotopic (exact) mass is 377 g/mol. The third kappa shape index (κ3) is 2.50. The van der Waals surface area contributed by atoms with Crippen molar-refractivity contribution in [2.45, 2.75) is 30.7 Å². The molecule has 2 heterocycles. The summed E-state index contributed by atoms with van der Waals surface area (Å²) in [5, 5.41) is 0.400. The molecule has 0 amide bonds. The second kappa shape index (κ2) is 5.14. The van der Waals surface area contributed by atoms with Crippen LogP contribution in [0, 0.1) is 0 Å². The topological polar surface area (TPSA) is 98.2 Å². The smallest absolute Gasteiger partial charge is 0.268 e. The molecule has 6 nitrogen and oxygen atoms in total. The van der Waals surface area contributed by atoms with E-state index in [1.807, 2.05) is 0 Å². The molecular formula is C11H12BrN3O3S2. The summed E-state index contributed by atoms with van der Waals surface area (Å²) >= 11 is 4.48. The van der Waals surface area contributed by atoms with Crippen molar-refractivity contribution in [2.24, 2.45) is 5.73 Å². The minimum Gasteiger partial charge on any atom is -0.452 e. The van der Waals surface area contributed by atoms with E-state index >= 15 is 0 Å². The molecule has 108 valence electrons. The fraction of sp³-hybridized carbons (Fsp3) is 0.364. The van der Waals surface area contributed by atoms with Gasteiger partial charge in [0, 0.05) is 10.9 Å². The van der Waals surface area contributed by atoms with Crippen LogP contribution in [0.3, 0.4) is 0 Å². The second-order valence-electron chi connectivity index (χ2n) is 4.40. The van der Waals surface area contributed by atoms with Crippen LogP contribution in [-0.2, 0) is 29.4 Å². The minimum atomic E-state index is -3.72. The molecule has 0 saturated carbocycles. The first-order chi connectivity index (χ1) is 9.49. The molecule has 0 atom stereocenters. The predicted molar refractivity (Wildman–Crippen MR) is 79.2 cm³/mol. The van der Waals surface area contributed by atoms with E-state index in [1.54, 1.807) is 0 Å². The molecule has 1 aliphatic carbocycles. The molecule has 0 fully saturated rings. The van der Waals surface area contributed by atoms with Gasteiger partial charge in [-0.25, -0.2) is 13.4 Å². The maximum absolute atomic E-state index is 12.3. The third-order valence-electron chi connectivity index (χ3n) is 3.01. The fourth-order valence-corrected chi connectivity index (χ4v) is 5.37. The Hall–Kier alpha value is -0.900. The lowest BCUT2D eigenvalue weighted by Crippen LogP contribution is -2.12. The van der Waals surface area contributed by atoms with Crippen LogP contribution in [0.15, 0.2) is 20.0 Å².